The summed E-state index contributed by atoms with van der Waals surface area (Å²) in [5.41, 5.74) is 0. The molecule has 2 nitrogen and oxygen atoms in total. The van der Waals surface area contributed by atoms with Gasteiger partial charge < -0.3 is 0 Å². The third-order valence-electron chi connectivity index (χ3n) is 1.44. The molecule has 1 fully saturated rings. The minimum atomic E-state index is 0.625. The predicted octanol–water partition coefficient (Wildman–Crippen LogP) is 0.520. The van der Waals surface area contributed by atoms with Crippen molar-refractivity contribution in [1.82, 2.24) is 5.06 Å². The highest BCUT2D eigenvalue weighted by Crippen LogP contribution is 2.22. The Kier molecular flexibility index (Phi) is 0.504. The number of hydroxylamine groups is 2. The van der Waals surface area contributed by atoms with Gasteiger partial charge in [-0.15, -0.1) is 0 Å². The second-order valence-electron chi connectivity index (χ2n) is 1.89. The number of nitrogens with zero attached hydrogens (tertiary/aromatic N) is 1. The number of rotatable bonds is 0. The maximum atomic E-state index is 5.10. The lowest BCUT2D eigenvalue weighted by Crippen LogP contribution is -2.28. The van der Waals surface area contributed by atoms with Gasteiger partial charge in [-0.2, -0.15) is 0 Å². The van der Waals surface area contributed by atoms with E-state index in [9.17, 15) is 0 Å². The molecule has 1 atom stereocenters. The number of hydrogen-bond donors (Lipinski definition) is 0. The van der Waals surface area contributed by atoms with Crippen LogP contribution in [0, 0.1) is 0 Å². The van der Waals surface area contributed by atoms with Crippen LogP contribution in [0.15, 0.2) is 12.3 Å². The average Bonchev–Trinajstić information content (AvgIpc) is 1.85. The summed E-state index contributed by atoms with van der Waals surface area (Å²) in [6.07, 6.45) is 5.31. The van der Waals surface area contributed by atoms with Gasteiger partial charge in [-0.1, -0.05) is 0 Å². The second-order valence-corrected chi connectivity index (χ2v) is 1.89. The fourth-order valence-electron chi connectivity index (χ4n) is 0.919. The molecule has 0 aliphatic carbocycles. The maximum Gasteiger partial charge on any atom is 0.0779 e. The molecule has 0 bridgehead atoms. The first-order chi connectivity index (χ1) is 3.47. The largest absolute Gasteiger partial charge is 0.273 e. The summed E-state index contributed by atoms with van der Waals surface area (Å²) in [6.45, 7) is 0.900. The Morgan fingerprint density at radius 3 is 3.00 bits per heavy atom. The van der Waals surface area contributed by atoms with Crippen molar-refractivity contribution in [2.75, 3.05) is 6.61 Å². The van der Waals surface area contributed by atoms with Crippen LogP contribution in [0.25, 0.3) is 0 Å². The van der Waals surface area contributed by atoms with Gasteiger partial charge in [-0.25, -0.2) is 0 Å². The van der Waals surface area contributed by atoms with E-state index in [0.717, 1.165) is 6.61 Å². The molecule has 0 aromatic rings. The minimum Gasteiger partial charge on any atom is -0.273 e. The molecular formula is C5H7NO. The summed E-state index contributed by atoms with van der Waals surface area (Å²) in [5.74, 6) is 0. The molecule has 0 aromatic heterocycles. The quantitative estimate of drug-likeness (QED) is 0.437. The molecule has 2 heterocycles. The SMILES string of the molecule is C1=CN2OCCC12. The molecule has 2 aliphatic rings. The summed E-state index contributed by atoms with van der Waals surface area (Å²) < 4.78 is 0. The van der Waals surface area contributed by atoms with E-state index in [4.69, 9.17) is 4.84 Å². The zero-order chi connectivity index (χ0) is 4.69. The molecule has 0 radical (unpaired) electrons. The van der Waals surface area contributed by atoms with Gasteiger partial charge in [0.05, 0.1) is 12.6 Å². The third kappa shape index (κ3) is 0.320. The summed E-state index contributed by atoms with van der Waals surface area (Å²) in [6, 6.07) is 0.625. The van der Waals surface area contributed by atoms with Crippen LogP contribution < -0.4 is 0 Å². The lowest BCUT2D eigenvalue weighted by atomic mass is 10.2. The summed E-state index contributed by atoms with van der Waals surface area (Å²) in [4.78, 5) is 5.10. The Hall–Kier alpha value is -0.500. The number of hydrogen-bond acceptors (Lipinski definition) is 2. The summed E-state index contributed by atoms with van der Waals surface area (Å²) >= 11 is 0. The van der Waals surface area contributed by atoms with E-state index in [-0.39, 0.29) is 0 Å². The topological polar surface area (TPSA) is 12.5 Å². The molecule has 1 saturated heterocycles. The van der Waals surface area contributed by atoms with Crippen LogP contribution in [-0.2, 0) is 4.84 Å². The highest BCUT2D eigenvalue weighted by molar-refractivity contribution is 5.05. The van der Waals surface area contributed by atoms with Crippen LogP contribution in [0.3, 0.4) is 0 Å². The van der Waals surface area contributed by atoms with E-state index >= 15 is 0 Å². The predicted molar refractivity (Wildman–Crippen MR) is 25.3 cm³/mol. The van der Waals surface area contributed by atoms with Gasteiger partial charge in [0.1, 0.15) is 0 Å². The van der Waals surface area contributed by atoms with Crippen LogP contribution >= 0.6 is 0 Å². The van der Waals surface area contributed by atoms with Gasteiger partial charge in [0.2, 0.25) is 0 Å². The van der Waals surface area contributed by atoms with Crippen molar-refractivity contribution in [2.45, 2.75) is 12.5 Å². The molecule has 2 heteroatoms. The van der Waals surface area contributed by atoms with E-state index in [1.54, 1.807) is 0 Å². The van der Waals surface area contributed by atoms with E-state index in [0.29, 0.717) is 6.04 Å². The van der Waals surface area contributed by atoms with E-state index in [1.165, 1.54) is 6.42 Å². The standard InChI is InChI=1S/C5H7NO/c1-3-6-5(1)2-4-7-6/h1,3,5H,2,4H2. The van der Waals surface area contributed by atoms with Crippen molar-refractivity contribution in [3.05, 3.63) is 12.3 Å². The lowest BCUT2D eigenvalue weighted by Gasteiger charge is -2.24. The Morgan fingerprint density at radius 2 is 2.71 bits per heavy atom. The molecule has 38 valence electrons. The van der Waals surface area contributed by atoms with Crippen molar-refractivity contribution in [2.24, 2.45) is 0 Å². The highest BCUT2D eigenvalue weighted by atomic mass is 16.7. The van der Waals surface area contributed by atoms with Gasteiger partial charge in [0.15, 0.2) is 0 Å². The monoisotopic (exact) mass is 97.1 g/mol. The average molecular weight is 97.1 g/mol. The summed E-state index contributed by atoms with van der Waals surface area (Å²) in [7, 11) is 0. The van der Waals surface area contributed by atoms with Crippen LogP contribution in [0.1, 0.15) is 6.42 Å². The van der Waals surface area contributed by atoms with Crippen LogP contribution in [0.2, 0.25) is 0 Å². The summed E-state index contributed by atoms with van der Waals surface area (Å²) in [5, 5.41) is 1.90. The zero-order valence-corrected chi connectivity index (χ0v) is 4.00. The molecule has 0 spiro atoms. The van der Waals surface area contributed by atoms with E-state index in [1.807, 2.05) is 11.3 Å². The highest BCUT2D eigenvalue weighted by Gasteiger charge is 2.26. The first-order valence-electron chi connectivity index (χ1n) is 2.56. The Bertz CT molecular complexity index is 98.6. The van der Waals surface area contributed by atoms with Gasteiger partial charge in [0.25, 0.3) is 0 Å². The molecule has 2 aliphatic heterocycles. The zero-order valence-electron chi connectivity index (χ0n) is 4.00. The van der Waals surface area contributed by atoms with Crippen molar-refractivity contribution < 1.29 is 4.84 Å². The van der Waals surface area contributed by atoms with Crippen molar-refractivity contribution >= 4 is 0 Å². The number of fused-ring (bicyclic) bond motifs is 1. The molecule has 0 N–H and O–H groups in total. The lowest BCUT2D eigenvalue weighted by molar-refractivity contribution is -0.0944. The normalized spacial score (nSPS) is 35.4. The molecule has 0 saturated carbocycles. The smallest absolute Gasteiger partial charge is 0.0779 e. The van der Waals surface area contributed by atoms with Gasteiger partial charge in [-0.05, 0) is 12.5 Å². The molecular weight excluding hydrogens is 90.1 g/mol. The van der Waals surface area contributed by atoms with Gasteiger partial charge in [-0.3, -0.25) is 9.90 Å². The van der Waals surface area contributed by atoms with E-state index in [2.05, 4.69) is 6.08 Å². The van der Waals surface area contributed by atoms with Crippen LogP contribution in [0.5, 0.6) is 0 Å². The third-order valence-corrected chi connectivity index (χ3v) is 1.44. The van der Waals surface area contributed by atoms with Crippen molar-refractivity contribution in [3.8, 4) is 0 Å². The second kappa shape index (κ2) is 1.01. The van der Waals surface area contributed by atoms with Gasteiger partial charge in [0, 0.05) is 6.20 Å². The maximum absolute atomic E-state index is 5.10. The fraction of sp³-hybridized carbons (Fsp3) is 0.600. The fourth-order valence-corrected chi connectivity index (χ4v) is 0.919. The van der Waals surface area contributed by atoms with Crippen molar-refractivity contribution in [1.29, 1.82) is 0 Å². The van der Waals surface area contributed by atoms with Crippen LogP contribution in [-0.4, -0.2) is 17.7 Å². The van der Waals surface area contributed by atoms with Gasteiger partial charge >= 0.3 is 0 Å². The molecule has 2 rings (SSSR count). The minimum absolute atomic E-state index is 0.625. The first-order valence-corrected chi connectivity index (χ1v) is 2.56. The molecule has 7 heavy (non-hydrogen) atoms. The Morgan fingerprint density at radius 1 is 1.71 bits per heavy atom. The molecule has 0 amide bonds. The first kappa shape index (κ1) is 3.50. The van der Waals surface area contributed by atoms with Crippen molar-refractivity contribution in [3.63, 3.8) is 0 Å². The Balaban J connectivity index is 2.17. The Labute approximate surface area is 42.3 Å². The molecule has 0 aromatic carbocycles. The van der Waals surface area contributed by atoms with E-state index < -0.39 is 0 Å². The van der Waals surface area contributed by atoms with Crippen LogP contribution in [0.4, 0.5) is 0 Å². The molecule has 1 unspecified atom stereocenters.